The maximum atomic E-state index is 10.6. The van der Waals surface area contributed by atoms with Crippen LogP contribution in [0.1, 0.15) is 37.4 Å². The Balaban J connectivity index is 0.000000173. The highest BCUT2D eigenvalue weighted by Gasteiger charge is 2.10. The van der Waals surface area contributed by atoms with Crippen molar-refractivity contribution in [1.82, 2.24) is 0 Å². The molecule has 2 aliphatic carbocycles. The summed E-state index contributed by atoms with van der Waals surface area (Å²) < 4.78 is 0. The predicted octanol–water partition coefficient (Wildman–Crippen LogP) is 2.98. The maximum absolute atomic E-state index is 10.6. The highest BCUT2D eigenvalue weighted by atomic mass is 16.4. The third-order valence-electron chi connectivity index (χ3n) is 3.11. The highest BCUT2D eigenvalue weighted by molar-refractivity contribution is 5.94. The fourth-order valence-corrected chi connectivity index (χ4v) is 1.94. The van der Waals surface area contributed by atoms with Gasteiger partial charge in [-0.05, 0) is 42.2 Å². The van der Waals surface area contributed by atoms with E-state index in [4.69, 9.17) is 10.2 Å². The molecule has 2 bridgehead atoms. The molecule has 0 fully saturated rings. The minimum absolute atomic E-state index is 0.0111. The van der Waals surface area contributed by atoms with Crippen molar-refractivity contribution < 1.29 is 19.8 Å². The summed E-state index contributed by atoms with van der Waals surface area (Å²) in [6.07, 6.45) is 1.22. The lowest BCUT2D eigenvalue weighted by Gasteiger charge is -2.11. The average Bonchev–Trinajstić information content (AvgIpc) is 2.39. The van der Waals surface area contributed by atoms with Crippen molar-refractivity contribution >= 4 is 11.9 Å². The third kappa shape index (κ3) is 3.03. The molecule has 0 spiro atoms. The first-order chi connectivity index (χ1) is 9.47. The molecule has 0 saturated heterocycles. The Bertz CT molecular complexity index is 649. The maximum Gasteiger partial charge on any atom is 0.335 e. The molecule has 0 saturated carbocycles. The fraction of sp³-hybridized carbons (Fsp3) is 0.125. The lowest BCUT2D eigenvalue weighted by atomic mass is 9.94. The van der Waals surface area contributed by atoms with E-state index in [1.165, 1.54) is 29.7 Å². The number of carboxylic acid groups (broad SMARTS) is 2. The summed E-state index contributed by atoms with van der Waals surface area (Å²) >= 11 is 0. The first-order valence-corrected chi connectivity index (χ1v) is 6.12. The molecule has 2 aliphatic rings. The van der Waals surface area contributed by atoms with Crippen LogP contribution in [0.15, 0.2) is 42.5 Å². The van der Waals surface area contributed by atoms with Crippen LogP contribution in [-0.2, 0) is 6.42 Å². The minimum Gasteiger partial charge on any atom is -0.478 e. The molecular weight excluding hydrogens is 256 g/mol. The summed E-state index contributed by atoms with van der Waals surface area (Å²) in [5.41, 5.74) is 3.54. The Morgan fingerprint density at radius 3 is 1.90 bits per heavy atom. The van der Waals surface area contributed by atoms with Crippen molar-refractivity contribution in [3.8, 4) is 0 Å². The van der Waals surface area contributed by atoms with E-state index in [0.717, 1.165) is 6.07 Å². The van der Waals surface area contributed by atoms with Crippen LogP contribution < -0.4 is 0 Å². The van der Waals surface area contributed by atoms with E-state index in [-0.39, 0.29) is 11.1 Å². The zero-order valence-corrected chi connectivity index (χ0v) is 11.0. The molecule has 0 unspecified atom stereocenters. The van der Waals surface area contributed by atoms with Gasteiger partial charge in [-0.1, -0.05) is 30.3 Å². The second-order valence-electron chi connectivity index (χ2n) is 4.64. The molecular formula is C16H14O4. The average molecular weight is 270 g/mol. The standard InChI is InChI=1S/C9H8O4.C7H6/c1-5-2-3-6(8(10)11)4-7(5)9(12)13;1-2-6-4-7(3-1)5-6/h2-4H,1H3,(H,10,11)(H,12,13);1-4H,5H2. The van der Waals surface area contributed by atoms with Crippen LogP contribution in [0, 0.1) is 6.92 Å². The summed E-state index contributed by atoms with van der Waals surface area (Å²) in [5.74, 6) is -2.23. The zero-order chi connectivity index (χ0) is 14.7. The largest absolute Gasteiger partial charge is 0.478 e. The van der Waals surface area contributed by atoms with Gasteiger partial charge in [0.25, 0.3) is 0 Å². The molecule has 0 radical (unpaired) electrons. The van der Waals surface area contributed by atoms with E-state index in [1.54, 1.807) is 6.92 Å². The Hall–Kier alpha value is -2.62. The van der Waals surface area contributed by atoms with E-state index in [1.807, 2.05) is 0 Å². The Labute approximate surface area is 116 Å². The molecule has 2 N–H and O–H groups in total. The molecule has 4 rings (SSSR count). The third-order valence-corrected chi connectivity index (χ3v) is 3.11. The molecule has 2 aromatic rings. The molecule has 0 aliphatic heterocycles. The zero-order valence-electron chi connectivity index (χ0n) is 11.0. The molecule has 20 heavy (non-hydrogen) atoms. The molecule has 2 aromatic carbocycles. The van der Waals surface area contributed by atoms with Crippen molar-refractivity contribution in [3.05, 3.63) is 70.3 Å². The summed E-state index contributed by atoms with van der Waals surface area (Å²) in [5, 5.41) is 17.3. The SMILES string of the molecule is Cc1ccc(C(=O)O)cc1C(=O)O.c1cc2cc(c1)C2. The van der Waals surface area contributed by atoms with Gasteiger partial charge in [0, 0.05) is 0 Å². The number of aromatic carboxylic acids is 2. The van der Waals surface area contributed by atoms with Gasteiger partial charge in [0.05, 0.1) is 11.1 Å². The van der Waals surface area contributed by atoms with Crippen molar-refractivity contribution in [1.29, 1.82) is 0 Å². The van der Waals surface area contributed by atoms with Crippen LogP contribution in [0.5, 0.6) is 0 Å². The van der Waals surface area contributed by atoms with Gasteiger partial charge < -0.3 is 10.2 Å². The lowest BCUT2D eigenvalue weighted by molar-refractivity contribution is 0.0695. The van der Waals surface area contributed by atoms with Crippen molar-refractivity contribution in [2.45, 2.75) is 13.3 Å². The smallest absolute Gasteiger partial charge is 0.335 e. The van der Waals surface area contributed by atoms with E-state index in [2.05, 4.69) is 24.3 Å². The number of hydrogen-bond acceptors (Lipinski definition) is 2. The first kappa shape index (κ1) is 13.8. The van der Waals surface area contributed by atoms with Crippen LogP contribution in [0.4, 0.5) is 0 Å². The number of fused-ring (bicyclic) bond motifs is 2. The minimum atomic E-state index is -1.12. The van der Waals surface area contributed by atoms with E-state index < -0.39 is 11.9 Å². The Morgan fingerprint density at radius 2 is 1.55 bits per heavy atom. The summed E-state index contributed by atoms with van der Waals surface area (Å²) in [6, 6.07) is 12.7. The summed E-state index contributed by atoms with van der Waals surface area (Å²) in [7, 11) is 0. The molecule has 0 aromatic heterocycles. The normalized spacial score (nSPS) is 10.8. The second kappa shape index (κ2) is 5.57. The van der Waals surface area contributed by atoms with E-state index >= 15 is 0 Å². The van der Waals surface area contributed by atoms with Gasteiger partial charge in [-0.25, -0.2) is 9.59 Å². The predicted molar refractivity (Wildman–Crippen MR) is 74.3 cm³/mol. The van der Waals surface area contributed by atoms with Gasteiger partial charge in [-0.15, -0.1) is 0 Å². The topological polar surface area (TPSA) is 74.6 Å². The van der Waals surface area contributed by atoms with Crippen molar-refractivity contribution in [2.24, 2.45) is 0 Å². The molecule has 4 heteroatoms. The highest BCUT2D eigenvalue weighted by Crippen LogP contribution is 2.18. The van der Waals surface area contributed by atoms with Gasteiger partial charge in [0.15, 0.2) is 0 Å². The lowest BCUT2D eigenvalue weighted by Crippen LogP contribution is -2.03. The van der Waals surface area contributed by atoms with Crippen LogP contribution in [0.25, 0.3) is 0 Å². The summed E-state index contributed by atoms with van der Waals surface area (Å²) in [6.45, 7) is 1.62. The number of aryl methyl sites for hydroxylation is 1. The van der Waals surface area contributed by atoms with Gasteiger partial charge >= 0.3 is 11.9 Å². The van der Waals surface area contributed by atoms with Crippen LogP contribution in [-0.4, -0.2) is 22.2 Å². The number of hydrogen-bond donors (Lipinski definition) is 2. The fourth-order valence-electron chi connectivity index (χ4n) is 1.94. The Morgan fingerprint density at radius 1 is 0.950 bits per heavy atom. The van der Waals surface area contributed by atoms with Gasteiger partial charge in [-0.2, -0.15) is 0 Å². The number of carbonyl (C=O) groups is 2. The monoisotopic (exact) mass is 270 g/mol. The molecule has 102 valence electrons. The van der Waals surface area contributed by atoms with Crippen LogP contribution >= 0.6 is 0 Å². The number of benzene rings is 2. The molecule has 0 atom stereocenters. The quantitative estimate of drug-likeness (QED) is 0.750. The number of rotatable bonds is 2. The second-order valence-corrected chi connectivity index (χ2v) is 4.64. The van der Waals surface area contributed by atoms with Gasteiger partial charge in [-0.3, -0.25) is 0 Å². The van der Waals surface area contributed by atoms with Crippen LogP contribution in [0.3, 0.4) is 0 Å². The van der Waals surface area contributed by atoms with E-state index in [9.17, 15) is 9.59 Å². The molecule has 4 nitrogen and oxygen atoms in total. The molecule has 0 amide bonds. The molecule has 0 heterocycles. The van der Waals surface area contributed by atoms with Crippen molar-refractivity contribution in [2.75, 3.05) is 0 Å². The van der Waals surface area contributed by atoms with Crippen LogP contribution in [0.2, 0.25) is 0 Å². The van der Waals surface area contributed by atoms with E-state index in [0.29, 0.717) is 5.56 Å². The Kier molecular flexibility index (Phi) is 3.84. The summed E-state index contributed by atoms with van der Waals surface area (Å²) in [4.78, 5) is 21.1. The van der Waals surface area contributed by atoms with Gasteiger partial charge in [0.1, 0.15) is 0 Å². The van der Waals surface area contributed by atoms with Gasteiger partial charge in [0.2, 0.25) is 0 Å². The van der Waals surface area contributed by atoms with Crippen molar-refractivity contribution in [3.63, 3.8) is 0 Å². The number of carboxylic acids is 2. The first-order valence-electron chi connectivity index (χ1n) is 6.12.